The molecule has 116 valence electrons. The van der Waals surface area contributed by atoms with Gasteiger partial charge in [0.2, 0.25) is 0 Å². The monoisotopic (exact) mass is 299 g/mol. The van der Waals surface area contributed by atoms with Gasteiger partial charge >= 0.3 is 0 Å². The molecule has 1 amide bonds. The van der Waals surface area contributed by atoms with Crippen molar-refractivity contribution >= 4 is 5.91 Å². The van der Waals surface area contributed by atoms with Gasteiger partial charge in [0.15, 0.2) is 6.10 Å². The lowest BCUT2D eigenvalue weighted by atomic mass is 10.1. The van der Waals surface area contributed by atoms with Crippen molar-refractivity contribution in [3.8, 4) is 11.5 Å². The van der Waals surface area contributed by atoms with Crippen LogP contribution in [0.25, 0.3) is 0 Å². The zero-order valence-corrected chi connectivity index (χ0v) is 13.1. The van der Waals surface area contributed by atoms with Gasteiger partial charge in [-0.25, -0.2) is 0 Å². The third kappa shape index (κ3) is 4.25. The number of hydrogen-bond donors (Lipinski definition) is 1. The first kappa shape index (κ1) is 15.9. The van der Waals surface area contributed by atoms with E-state index in [9.17, 15) is 4.79 Å². The number of rotatable bonds is 6. The third-order valence-corrected chi connectivity index (χ3v) is 3.38. The zero-order chi connectivity index (χ0) is 15.9. The van der Waals surface area contributed by atoms with Crippen LogP contribution in [0.1, 0.15) is 25.5 Å². The van der Waals surface area contributed by atoms with Crippen LogP contribution < -0.4 is 14.8 Å². The van der Waals surface area contributed by atoms with E-state index >= 15 is 0 Å². The van der Waals surface area contributed by atoms with E-state index in [0.717, 1.165) is 11.3 Å². The van der Waals surface area contributed by atoms with E-state index in [0.29, 0.717) is 5.75 Å². The summed E-state index contributed by atoms with van der Waals surface area (Å²) in [6.07, 6.45) is -0.560. The molecule has 0 aliphatic carbocycles. The Morgan fingerprint density at radius 3 is 2.36 bits per heavy atom. The van der Waals surface area contributed by atoms with E-state index in [2.05, 4.69) is 5.32 Å². The summed E-state index contributed by atoms with van der Waals surface area (Å²) in [4.78, 5) is 12.2. The van der Waals surface area contributed by atoms with Gasteiger partial charge in [0.05, 0.1) is 13.2 Å². The van der Waals surface area contributed by atoms with Crippen molar-refractivity contribution in [1.29, 1.82) is 0 Å². The Hall–Kier alpha value is -2.49. The van der Waals surface area contributed by atoms with E-state index in [4.69, 9.17) is 9.47 Å². The predicted octanol–water partition coefficient (Wildman–Crippen LogP) is 3.34. The highest BCUT2D eigenvalue weighted by Gasteiger charge is 2.17. The molecule has 2 atom stereocenters. The Morgan fingerprint density at radius 2 is 1.68 bits per heavy atom. The summed E-state index contributed by atoms with van der Waals surface area (Å²) >= 11 is 0. The molecule has 2 aromatic carbocycles. The van der Waals surface area contributed by atoms with E-state index in [1.54, 1.807) is 14.0 Å². The lowest BCUT2D eigenvalue weighted by Crippen LogP contribution is -2.37. The summed E-state index contributed by atoms with van der Waals surface area (Å²) in [5.41, 5.74) is 0.986. The van der Waals surface area contributed by atoms with Crippen molar-refractivity contribution in [3.63, 3.8) is 0 Å². The second-order valence-electron chi connectivity index (χ2n) is 5.08. The van der Waals surface area contributed by atoms with Gasteiger partial charge in [-0.3, -0.25) is 4.79 Å². The first-order valence-electron chi connectivity index (χ1n) is 7.26. The van der Waals surface area contributed by atoms with Crippen molar-refractivity contribution in [2.24, 2.45) is 0 Å². The van der Waals surface area contributed by atoms with Crippen molar-refractivity contribution in [2.75, 3.05) is 7.11 Å². The second kappa shape index (κ2) is 7.50. The Morgan fingerprint density at radius 1 is 1.00 bits per heavy atom. The molecule has 2 aromatic rings. The van der Waals surface area contributed by atoms with Gasteiger partial charge in [0.1, 0.15) is 11.5 Å². The minimum Gasteiger partial charge on any atom is -0.497 e. The first-order chi connectivity index (χ1) is 10.6. The van der Waals surface area contributed by atoms with Crippen molar-refractivity contribution < 1.29 is 14.3 Å². The molecule has 2 unspecified atom stereocenters. The maximum absolute atomic E-state index is 12.2. The largest absolute Gasteiger partial charge is 0.497 e. The van der Waals surface area contributed by atoms with Crippen LogP contribution >= 0.6 is 0 Å². The zero-order valence-electron chi connectivity index (χ0n) is 13.1. The molecule has 0 bridgehead atoms. The van der Waals surface area contributed by atoms with Gasteiger partial charge in [-0.1, -0.05) is 30.3 Å². The van der Waals surface area contributed by atoms with Crippen LogP contribution in [0.4, 0.5) is 0 Å². The smallest absolute Gasteiger partial charge is 0.261 e. The fourth-order valence-electron chi connectivity index (χ4n) is 2.08. The number of amides is 1. The summed E-state index contributed by atoms with van der Waals surface area (Å²) in [5.74, 6) is 1.30. The predicted molar refractivity (Wildman–Crippen MR) is 86.1 cm³/mol. The summed E-state index contributed by atoms with van der Waals surface area (Å²) < 4.78 is 10.8. The molecule has 0 aliphatic heterocycles. The van der Waals surface area contributed by atoms with Gasteiger partial charge < -0.3 is 14.8 Å². The van der Waals surface area contributed by atoms with Crippen LogP contribution in [0.15, 0.2) is 54.6 Å². The molecule has 2 rings (SSSR count). The molecule has 0 fully saturated rings. The maximum Gasteiger partial charge on any atom is 0.261 e. The van der Waals surface area contributed by atoms with Crippen molar-refractivity contribution in [3.05, 3.63) is 60.2 Å². The van der Waals surface area contributed by atoms with Crippen LogP contribution in [0, 0.1) is 0 Å². The molecule has 1 N–H and O–H groups in total. The van der Waals surface area contributed by atoms with E-state index in [1.807, 2.05) is 61.5 Å². The highest BCUT2D eigenvalue weighted by molar-refractivity contribution is 5.81. The van der Waals surface area contributed by atoms with Crippen molar-refractivity contribution in [1.82, 2.24) is 5.32 Å². The number of benzene rings is 2. The van der Waals surface area contributed by atoms with E-state index < -0.39 is 6.10 Å². The maximum atomic E-state index is 12.2. The van der Waals surface area contributed by atoms with Gasteiger partial charge in [0.25, 0.3) is 5.91 Å². The molecule has 0 heterocycles. The molecule has 0 saturated carbocycles. The molecule has 0 spiro atoms. The van der Waals surface area contributed by atoms with Gasteiger partial charge in [-0.15, -0.1) is 0 Å². The minimum absolute atomic E-state index is 0.121. The number of carbonyl (C=O) groups is 1. The number of ether oxygens (including phenoxy) is 2. The summed E-state index contributed by atoms with van der Waals surface area (Å²) in [6.45, 7) is 3.67. The molecule has 0 radical (unpaired) electrons. The summed E-state index contributed by atoms with van der Waals surface area (Å²) in [6, 6.07) is 16.8. The highest BCUT2D eigenvalue weighted by Crippen LogP contribution is 2.19. The van der Waals surface area contributed by atoms with Crippen LogP contribution in [0.3, 0.4) is 0 Å². The summed E-state index contributed by atoms with van der Waals surface area (Å²) in [7, 11) is 1.62. The second-order valence-corrected chi connectivity index (χ2v) is 5.08. The van der Waals surface area contributed by atoms with Crippen molar-refractivity contribution in [2.45, 2.75) is 26.0 Å². The number of methoxy groups -OCH3 is 1. The first-order valence-corrected chi connectivity index (χ1v) is 7.26. The third-order valence-electron chi connectivity index (χ3n) is 3.38. The van der Waals surface area contributed by atoms with Crippen LogP contribution in [0.2, 0.25) is 0 Å². The fourth-order valence-corrected chi connectivity index (χ4v) is 2.08. The average Bonchev–Trinajstić information content (AvgIpc) is 2.55. The average molecular weight is 299 g/mol. The normalized spacial score (nSPS) is 13.0. The lowest BCUT2D eigenvalue weighted by Gasteiger charge is -2.19. The number of carbonyl (C=O) groups excluding carboxylic acids is 1. The molecule has 22 heavy (non-hydrogen) atoms. The number of hydrogen-bond acceptors (Lipinski definition) is 3. The summed E-state index contributed by atoms with van der Waals surface area (Å²) in [5, 5.41) is 2.95. The number of para-hydroxylation sites is 1. The van der Waals surface area contributed by atoms with Gasteiger partial charge in [-0.2, -0.15) is 0 Å². The van der Waals surface area contributed by atoms with Gasteiger partial charge in [0, 0.05) is 0 Å². The fraction of sp³-hybridized carbons (Fsp3) is 0.278. The molecule has 0 saturated heterocycles. The molecule has 0 aliphatic rings. The standard InChI is InChI=1S/C18H21NO3/c1-13(15-8-7-11-17(12-15)21-3)19-18(20)14(2)22-16-9-5-4-6-10-16/h4-14H,1-3H3,(H,19,20). The van der Waals surface area contributed by atoms with E-state index in [1.165, 1.54) is 0 Å². The molecule has 4 heteroatoms. The molecule has 0 aromatic heterocycles. The van der Waals surface area contributed by atoms with Crippen LogP contribution in [0.5, 0.6) is 11.5 Å². The highest BCUT2D eigenvalue weighted by atomic mass is 16.5. The Bertz CT molecular complexity index is 613. The van der Waals surface area contributed by atoms with Crippen LogP contribution in [-0.2, 0) is 4.79 Å². The van der Waals surface area contributed by atoms with Crippen LogP contribution in [-0.4, -0.2) is 19.1 Å². The molecule has 4 nitrogen and oxygen atoms in total. The van der Waals surface area contributed by atoms with Gasteiger partial charge in [-0.05, 0) is 43.7 Å². The SMILES string of the molecule is COc1cccc(C(C)NC(=O)C(C)Oc2ccccc2)c1. The minimum atomic E-state index is -0.560. The Kier molecular flexibility index (Phi) is 5.42. The number of nitrogens with one attached hydrogen (secondary N) is 1. The molecular formula is C18H21NO3. The quantitative estimate of drug-likeness (QED) is 0.890. The topological polar surface area (TPSA) is 47.6 Å². The Balaban J connectivity index is 1.95. The Labute approximate surface area is 131 Å². The van der Waals surface area contributed by atoms with E-state index in [-0.39, 0.29) is 11.9 Å². The molecular weight excluding hydrogens is 278 g/mol. The lowest BCUT2D eigenvalue weighted by molar-refractivity contribution is -0.127.